The second kappa shape index (κ2) is 5.21. The van der Waals surface area contributed by atoms with Crippen molar-refractivity contribution < 1.29 is 4.74 Å². The monoisotopic (exact) mass is 204 g/mol. The van der Waals surface area contributed by atoms with Gasteiger partial charge in [0.15, 0.2) is 0 Å². The fourth-order valence-corrected chi connectivity index (χ4v) is 2.22. The molecule has 1 aliphatic rings. The summed E-state index contributed by atoms with van der Waals surface area (Å²) in [5.41, 5.74) is 0.296. The Kier molecular flexibility index (Phi) is 4.54. The van der Waals surface area contributed by atoms with Crippen molar-refractivity contribution in [1.29, 1.82) is 0 Å². The number of hydrogen-bond acceptors (Lipinski definition) is 1. The van der Waals surface area contributed by atoms with Gasteiger partial charge in [0.1, 0.15) is 0 Å². The quantitative estimate of drug-likeness (QED) is 0.638. The lowest BCUT2D eigenvalue weighted by atomic mass is 9.79. The molecule has 0 aromatic heterocycles. The minimum atomic E-state index is 0.296. The first-order chi connectivity index (χ1) is 6.18. The molecule has 13 heavy (non-hydrogen) atoms. The number of halogens is 1. The van der Waals surface area contributed by atoms with Crippen molar-refractivity contribution in [2.75, 3.05) is 19.1 Å². The van der Waals surface area contributed by atoms with Crippen LogP contribution >= 0.6 is 11.6 Å². The third-order valence-corrected chi connectivity index (χ3v) is 3.51. The Morgan fingerprint density at radius 2 is 2.23 bits per heavy atom. The number of alkyl halides is 1. The highest BCUT2D eigenvalue weighted by Gasteiger charge is 2.31. The minimum absolute atomic E-state index is 0.296. The van der Waals surface area contributed by atoms with Gasteiger partial charge >= 0.3 is 0 Å². The average Bonchev–Trinajstić information content (AvgIpc) is 2.16. The number of hydrogen-bond donors (Lipinski definition) is 0. The van der Waals surface area contributed by atoms with E-state index in [0.29, 0.717) is 5.41 Å². The van der Waals surface area contributed by atoms with Crippen molar-refractivity contribution in [3.8, 4) is 0 Å². The zero-order chi connectivity index (χ0) is 9.73. The van der Waals surface area contributed by atoms with Crippen LogP contribution in [-0.4, -0.2) is 19.1 Å². The highest BCUT2D eigenvalue weighted by atomic mass is 35.5. The molecule has 1 aliphatic heterocycles. The molecule has 0 spiro atoms. The van der Waals surface area contributed by atoms with Crippen LogP contribution < -0.4 is 0 Å². The van der Waals surface area contributed by atoms with Crippen LogP contribution in [0.4, 0.5) is 0 Å². The van der Waals surface area contributed by atoms with Gasteiger partial charge < -0.3 is 4.74 Å². The Morgan fingerprint density at radius 1 is 1.46 bits per heavy atom. The molecular formula is C11H21ClO. The molecule has 0 aromatic rings. The summed E-state index contributed by atoms with van der Waals surface area (Å²) >= 11 is 6.04. The van der Waals surface area contributed by atoms with Crippen molar-refractivity contribution in [3.05, 3.63) is 0 Å². The predicted molar refractivity (Wildman–Crippen MR) is 57.3 cm³/mol. The molecular weight excluding hydrogens is 184 g/mol. The van der Waals surface area contributed by atoms with Gasteiger partial charge in [-0.25, -0.2) is 0 Å². The maximum atomic E-state index is 6.04. The first-order valence-corrected chi connectivity index (χ1v) is 5.86. The molecule has 78 valence electrons. The SMILES string of the molecule is CC(C)CCC1(CCl)CCCOC1. The Morgan fingerprint density at radius 3 is 2.69 bits per heavy atom. The summed E-state index contributed by atoms with van der Waals surface area (Å²) < 4.78 is 5.52. The fourth-order valence-electron chi connectivity index (χ4n) is 1.87. The molecule has 1 unspecified atom stereocenters. The van der Waals surface area contributed by atoms with Crippen LogP contribution in [-0.2, 0) is 4.74 Å². The van der Waals surface area contributed by atoms with Crippen LogP contribution in [0.25, 0.3) is 0 Å². The van der Waals surface area contributed by atoms with E-state index < -0.39 is 0 Å². The lowest BCUT2D eigenvalue weighted by Crippen LogP contribution is -2.33. The van der Waals surface area contributed by atoms with Gasteiger partial charge in [-0.3, -0.25) is 0 Å². The third-order valence-electron chi connectivity index (χ3n) is 2.94. The van der Waals surface area contributed by atoms with Crippen molar-refractivity contribution in [2.24, 2.45) is 11.3 Å². The Labute approximate surface area is 86.8 Å². The molecule has 0 radical (unpaired) electrons. The fraction of sp³-hybridized carbons (Fsp3) is 1.00. The summed E-state index contributed by atoms with van der Waals surface area (Å²) in [7, 11) is 0. The van der Waals surface area contributed by atoms with Gasteiger partial charge in [0.05, 0.1) is 6.61 Å². The van der Waals surface area contributed by atoms with E-state index in [-0.39, 0.29) is 0 Å². The zero-order valence-electron chi connectivity index (χ0n) is 8.81. The second-order valence-corrected chi connectivity index (χ2v) is 4.99. The number of ether oxygens (including phenoxy) is 1. The maximum absolute atomic E-state index is 6.04. The summed E-state index contributed by atoms with van der Waals surface area (Å²) in [6, 6.07) is 0. The first-order valence-electron chi connectivity index (χ1n) is 5.32. The largest absolute Gasteiger partial charge is 0.381 e. The molecule has 0 saturated carbocycles. The second-order valence-electron chi connectivity index (χ2n) is 4.72. The van der Waals surface area contributed by atoms with Gasteiger partial charge in [-0.2, -0.15) is 0 Å². The van der Waals surface area contributed by atoms with E-state index in [2.05, 4.69) is 13.8 Å². The topological polar surface area (TPSA) is 9.23 Å². The van der Waals surface area contributed by atoms with Gasteiger partial charge in [0.2, 0.25) is 0 Å². The van der Waals surface area contributed by atoms with Crippen LogP contribution in [0.2, 0.25) is 0 Å². The van der Waals surface area contributed by atoms with Crippen LogP contribution in [0.3, 0.4) is 0 Å². The van der Waals surface area contributed by atoms with Crippen molar-refractivity contribution >= 4 is 11.6 Å². The lowest BCUT2D eigenvalue weighted by molar-refractivity contribution is -0.00241. The van der Waals surface area contributed by atoms with E-state index in [1.54, 1.807) is 0 Å². The normalized spacial score (nSPS) is 29.5. The summed E-state index contributed by atoms with van der Waals surface area (Å²) in [5.74, 6) is 1.54. The molecule has 0 amide bonds. The van der Waals surface area contributed by atoms with Crippen LogP contribution in [0.1, 0.15) is 39.5 Å². The number of rotatable bonds is 4. The Balaban J connectivity index is 2.38. The lowest BCUT2D eigenvalue weighted by Gasteiger charge is -2.35. The molecule has 1 nitrogen and oxygen atoms in total. The molecule has 0 bridgehead atoms. The van der Waals surface area contributed by atoms with E-state index >= 15 is 0 Å². The maximum Gasteiger partial charge on any atom is 0.0533 e. The van der Waals surface area contributed by atoms with Gasteiger partial charge in [-0.1, -0.05) is 20.3 Å². The average molecular weight is 205 g/mol. The predicted octanol–water partition coefficient (Wildman–Crippen LogP) is 3.46. The van der Waals surface area contributed by atoms with E-state index in [9.17, 15) is 0 Å². The Hall–Kier alpha value is 0.250. The Bertz CT molecular complexity index is 139. The van der Waals surface area contributed by atoms with E-state index in [1.807, 2.05) is 0 Å². The molecule has 1 fully saturated rings. The summed E-state index contributed by atoms with van der Waals surface area (Å²) in [5, 5.41) is 0. The molecule has 0 aromatic carbocycles. The third kappa shape index (κ3) is 3.47. The zero-order valence-corrected chi connectivity index (χ0v) is 9.57. The minimum Gasteiger partial charge on any atom is -0.381 e. The van der Waals surface area contributed by atoms with Crippen molar-refractivity contribution in [1.82, 2.24) is 0 Å². The molecule has 1 saturated heterocycles. The highest BCUT2D eigenvalue weighted by Crippen LogP contribution is 2.35. The first kappa shape index (κ1) is 11.3. The smallest absolute Gasteiger partial charge is 0.0533 e. The van der Waals surface area contributed by atoms with Crippen LogP contribution in [0.15, 0.2) is 0 Å². The van der Waals surface area contributed by atoms with E-state index in [1.165, 1.54) is 25.7 Å². The van der Waals surface area contributed by atoms with Crippen LogP contribution in [0.5, 0.6) is 0 Å². The molecule has 1 rings (SSSR count). The summed E-state index contributed by atoms with van der Waals surface area (Å²) in [6.45, 7) is 6.35. The molecule has 0 N–H and O–H groups in total. The van der Waals surface area contributed by atoms with Crippen LogP contribution in [0, 0.1) is 11.3 Å². The molecule has 0 aliphatic carbocycles. The summed E-state index contributed by atoms with van der Waals surface area (Å²) in [6.07, 6.45) is 4.94. The van der Waals surface area contributed by atoms with Crippen molar-refractivity contribution in [2.45, 2.75) is 39.5 Å². The molecule has 1 heterocycles. The van der Waals surface area contributed by atoms with Gasteiger partial charge in [0.25, 0.3) is 0 Å². The van der Waals surface area contributed by atoms with E-state index in [0.717, 1.165) is 25.0 Å². The summed E-state index contributed by atoms with van der Waals surface area (Å²) in [4.78, 5) is 0. The highest BCUT2D eigenvalue weighted by molar-refractivity contribution is 6.18. The molecule has 2 heteroatoms. The van der Waals surface area contributed by atoms with Gasteiger partial charge in [0, 0.05) is 17.9 Å². The van der Waals surface area contributed by atoms with E-state index in [4.69, 9.17) is 16.3 Å². The van der Waals surface area contributed by atoms with Crippen molar-refractivity contribution in [3.63, 3.8) is 0 Å². The molecule has 1 atom stereocenters. The van der Waals surface area contributed by atoms with Gasteiger partial charge in [-0.05, 0) is 25.2 Å². The van der Waals surface area contributed by atoms with Gasteiger partial charge in [-0.15, -0.1) is 11.6 Å². The standard InChI is InChI=1S/C11H21ClO/c1-10(2)4-6-11(8-12)5-3-7-13-9-11/h10H,3-9H2,1-2H3.